The van der Waals surface area contributed by atoms with Crippen molar-refractivity contribution < 1.29 is 9.53 Å². The minimum Gasteiger partial charge on any atom is -0.466 e. The van der Waals surface area contributed by atoms with E-state index in [9.17, 15) is 4.79 Å². The molecule has 1 aromatic carbocycles. The maximum atomic E-state index is 12.1. The summed E-state index contributed by atoms with van der Waals surface area (Å²) in [4.78, 5) is 19.5. The highest BCUT2D eigenvalue weighted by molar-refractivity contribution is 8.14. The Kier molecular flexibility index (Phi) is 9.33. The van der Waals surface area contributed by atoms with Crippen molar-refractivity contribution in [2.75, 3.05) is 29.1 Å². The normalized spacial score (nSPS) is 20.2. The largest absolute Gasteiger partial charge is 0.466 e. The second kappa shape index (κ2) is 12.0. The van der Waals surface area contributed by atoms with Gasteiger partial charge in [-0.3, -0.25) is 9.79 Å². The molecule has 178 valence electrons. The van der Waals surface area contributed by atoms with Crippen molar-refractivity contribution in [3.8, 4) is 0 Å². The fourth-order valence-electron chi connectivity index (χ4n) is 4.69. The van der Waals surface area contributed by atoms with Crippen molar-refractivity contribution in [3.63, 3.8) is 0 Å². The molecular formula is C26H41N3O2S. The van der Waals surface area contributed by atoms with Gasteiger partial charge in [0.05, 0.1) is 30.4 Å². The van der Waals surface area contributed by atoms with Gasteiger partial charge in [0.15, 0.2) is 5.17 Å². The number of amidine groups is 1. The Hall–Kier alpha value is -1.69. The Labute approximate surface area is 198 Å². The lowest BCUT2D eigenvalue weighted by atomic mass is 9.92. The Balaban J connectivity index is 1.93. The average Bonchev–Trinajstić information content (AvgIpc) is 3.17. The summed E-state index contributed by atoms with van der Waals surface area (Å²) in [6.07, 6.45) is 6.91. The highest BCUT2D eigenvalue weighted by Crippen LogP contribution is 2.37. The standard InChI is InChI=1S/C26H41N3O2S/c1-6-31-25(30)14-19(4)21-12-13-24(23(15-21)28-26-27-20(5)17-32-26)29(16-18(2)3)22-10-8-7-9-11-22/h12-13,15,18-20,22H,6-11,14,16-17H2,1-5H3,(H,27,28)/t19?,20-/m0/s1. The Bertz CT molecular complexity index is 789. The van der Waals surface area contributed by atoms with Crippen LogP contribution in [0.1, 0.15) is 84.6 Å². The molecule has 1 saturated carbocycles. The van der Waals surface area contributed by atoms with Crippen molar-refractivity contribution in [2.24, 2.45) is 10.9 Å². The lowest BCUT2D eigenvalue weighted by molar-refractivity contribution is -0.143. The number of hydrogen-bond acceptors (Lipinski definition) is 6. The van der Waals surface area contributed by atoms with E-state index in [0.29, 0.717) is 31.0 Å². The van der Waals surface area contributed by atoms with Gasteiger partial charge in [-0.15, -0.1) is 0 Å². The maximum Gasteiger partial charge on any atom is 0.306 e. The molecule has 0 saturated heterocycles. The molecule has 1 aliphatic heterocycles. The van der Waals surface area contributed by atoms with Crippen LogP contribution in [-0.4, -0.2) is 42.1 Å². The summed E-state index contributed by atoms with van der Waals surface area (Å²) in [6, 6.07) is 7.64. The first-order chi connectivity index (χ1) is 15.4. The zero-order chi connectivity index (χ0) is 23.1. The number of esters is 1. The van der Waals surface area contributed by atoms with Gasteiger partial charge in [0.1, 0.15) is 0 Å². The van der Waals surface area contributed by atoms with Crippen LogP contribution in [0.3, 0.4) is 0 Å². The molecule has 0 bridgehead atoms. The molecule has 2 atom stereocenters. The lowest BCUT2D eigenvalue weighted by Gasteiger charge is -2.38. The van der Waals surface area contributed by atoms with Gasteiger partial charge in [-0.25, -0.2) is 0 Å². The number of nitrogens with one attached hydrogen (secondary N) is 1. The van der Waals surface area contributed by atoms with E-state index in [-0.39, 0.29) is 11.9 Å². The second-order valence-electron chi connectivity index (χ2n) is 9.74. The minimum atomic E-state index is -0.133. The van der Waals surface area contributed by atoms with Crippen molar-refractivity contribution in [2.45, 2.75) is 91.1 Å². The molecule has 1 aliphatic carbocycles. The highest BCUT2D eigenvalue weighted by atomic mass is 32.2. The number of anilines is 2. The van der Waals surface area contributed by atoms with E-state index in [1.54, 1.807) is 11.8 Å². The van der Waals surface area contributed by atoms with Crippen LogP contribution in [-0.2, 0) is 9.53 Å². The molecule has 0 radical (unpaired) electrons. The van der Waals surface area contributed by atoms with E-state index in [2.05, 4.69) is 56.1 Å². The highest BCUT2D eigenvalue weighted by Gasteiger charge is 2.26. The number of benzene rings is 1. The van der Waals surface area contributed by atoms with Crippen molar-refractivity contribution in [1.82, 2.24) is 0 Å². The molecule has 3 rings (SSSR count). The lowest BCUT2D eigenvalue weighted by Crippen LogP contribution is -2.39. The topological polar surface area (TPSA) is 53.9 Å². The molecule has 5 nitrogen and oxygen atoms in total. The summed E-state index contributed by atoms with van der Waals surface area (Å²) < 4.78 is 5.18. The Morgan fingerprint density at radius 1 is 1.25 bits per heavy atom. The molecular weight excluding hydrogens is 418 g/mol. The zero-order valence-corrected chi connectivity index (χ0v) is 21.3. The quantitative estimate of drug-likeness (QED) is 0.431. The van der Waals surface area contributed by atoms with Gasteiger partial charge in [0, 0.05) is 18.3 Å². The monoisotopic (exact) mass is 459 g/mol. The summed E-state index contributed by atoms with van der Waals surface area (Å²) >= 11 is 1.79. The van der Waals surface area contributed by atoms with Gasteiger partial charge in [-0.1, -0.05) is 57.9 Å². The summed E-state index contributed by atoms with van der Waals surface area (Å²) in [5.41, 5.74) is 3.54. The van der Waals surface area contributed by atoms with Gasteiger partial charge in [-0.2, -0.15) is 0 Å². The van der Waals surface area contributed by atoms with E-state index in [1.807, 2.05) is 6.92 Å². The number of carbonyl (C=O) groups excluding carboxylic acids is 1. The number of rotatable bonds is 9. The van der Waals surface area contributed by atoms with E-state index < -0.39 is 0 Å². The molecule has 1 heterocycles. The third-order valence-electron chi connectivity index (χ3n) is 6.30. The molecule has 1 unspecified atom stereocenters. The first-order valence-electron chi connectivity index (χ1n) is 12.4. The first kappa shape index (κ1) is 24.9. The average molecular weight is 460 g/mol. The molecule has 1 fully saturated rings. The first-order valence-corrected chi connectivity index (χ1v) is 13.4. The fourth-order valence-corrected chi connectivity index (χ4v) is 5.60. The summed E-state index contributed by atoms with van der Waals surface area (Å²) in [6.45, 7) is 12.2. The van der Waals surface area contributed by atoms with Crippen LogP contribution in [0.25, 0.3) is 0 Å². The number of ether oxygens (including phenoxy) is 1. The van der Waals surface area contributed by atoms with Crippen LogP contribution < -0.4 is 10.2 Å². The maximum absolute atomic E-state index is 12.1. The fraction of sp³-hybridized carbons (Fsp3) is 0.692. The van der Waals surface area contributed by atoms with E-state index in [0.717, 1.165) is 28.7 Å². The Morgan fingerprint density at radius 3 is 2.62 bits per heavy atom. The molecule has 1 aromatic rings. The van der Waals surface area contributed by atoms with Crippen LogP contribution >= 0.6 is 11.8 Å². The summed E-state index contributed by atoms with van der Waals surface area (Å²) in [7, 11) is 0. The predicted octanol–water partition coefficient (Wildman–Crippen LogP) is 6.44. The number of carbonyl (C=O) groups is 1. The third-order valence-corrected chi connectivity index (χ3v) is 7.43. The van der Waals surface area contributed by atoms with Gasteiger partial charge in [0.25, 0.3) is 0 Å². The van der Waals surface area contributed by atoms with E-state index in [1.165, 1.54) is 37.8 Å². The molecule has 2 aliphatic rings. The van der Waals surface area contributed by atoms with Gasteiger partial charge in [0.2, 0.25) is 0 Å². The number of thioether (sulfide) groups is 1. The van der Waals surface area contributed by atoms with Crippen molar-refractivity contribution >= 4 is 34.3 Å². The zero-order valence-electron chi connectivity index (χ0n) is 20.5. The van der Waals surface area contributed by atoms with Crippen molar-refractivity contribution in [3.05, 3.63) is 23.8 Å². The number of aliphatic imine (C=N–C) groups is 1. The van der Waals surface area contributed by atoms with Gasteiger partial charge < -0.3 is 15.0 Å². The van der Waals surface area contributed by atoms with E-state index >= 15 is 0 Å². The van der Waals surface area contributed by atoms with Crippen LogP contribution in [0.5, 0.6) is 0 Å². The molecule has 0 spiro atoms. The number of hydrogen-bond donors (Lipinski definition) is 1. The van der Waals surface area contributed by atoms with Crippen LogP contribution in [0.4, 0.5) is 11.4 Å². The van der Waals surface area contributed by atoms with Crippen LogP contribution in [0.2, 0.25) is 0 Å². The minimum absolute atomic E-state index is 0.106. The van der Waals surface area contributed by atoms with E-state index in [4.69, 9.17) is 9.73 Å². The molecule has 6 heteroatoms. The van der Waals surface area contributed by atoms with Crippen LogP contribution in [0.15, 0.2) is 23.2 Å². The van der Waals surface area contributed by atoms with Crippen LogP contribution in [0, 0.1) is 5.92 Å². The number of nitrogens with zero attached hydrogens (tertiary/aromatic N) is 2. The molecule has 0 aromatic heterocycles. The molecule has 0 amide bonds. The van der Waals surface area contributed by atoms with Crippen molar-refractivity contribution in [1.29, 1.82) is 0 Å². The third kappa shape index (κ3) is 6.90. The van der Waals surface area contributed by atoms with Gasteiger partial charge in [-0.05, 0) is 56.2 Å². The second-order valence-corrected chi connectivity index (χ2v) is 10.8. The summed E-state index contributed by atoms with van der Waals surface area (Å²) in [5.74, 6) is 1.58. The van der Waals surface area contributed by atoms with Gasteiger partial charge >= 0.3 is 5.97 Å². The summed E-state index contributed by atoms with van der Waals surface area (Å²) in [5, 5.41) is 4.66. The predicted molar refractivity (Wildman–Crippen MR) is 138 cm³/mol. The molecule has 1 N–H and O–H groups in total. The smallest absolute Gasteiger partial charge is 0.306 e. The Morgan fingerprint density at radius 2 is 2.00 bits per heavy atom. The molecule has 32 heavy (non-hydrogen) atoms. The SMILES string of the molecule is CCOC(=O)CC(C)c1ccc(N(CC(C)C)C2CCCCC2)c(NC2=N[C@@H](C)CS2)c1.